The molecule has 2 aromatic carbocycles. The van der Waals surface area contributed by atoms with Crippen molar-refractivity contribution in [3.8, 4) is 5.75 Å². The zero-order valence-corrected chi connectivity index (χ0v) is 34.3. The van der Waals surface area contributed by atoms with Crippen LogP contribution in [0.3, 0.4) is 0 Å². The molecule has 2 fully saturated rings. The number of morpholine rings is 1. The summed E-state index contributed by atoms with van der Waals surface area (Å²) in [6, 6.07) is 11.4. The van der Waals surface area contributed by atoms with Crippen molar-refractivity contribution in [2.24, 2.45) is 17.8 Å². The van der Waals surface area contributed by atoms with Crippen LogP contribution in [0.4, 0.5) is 5.69 Å². The summed E-state index contributed by atoms with van der Waals surface area (Å²) in [5.74, 6) is -0.0882. The Balaban J connectivity index is 1.25. The fourth-order valence-electron chi connectivity index (χ4n) is 9.45. The number of carbonyl (C=O) groups is 2. The molecule has 0 unspecified atom stereocenters. The minimum absolute atomic E-state index is 0.0149. The largest absolute Gasteiger partial charge is 0.490 e. The lowest BCUT2D eigenvalue weighted by atomic mass is 9.62. The molecule has 2 aliphatic carbocycles. The van der Waals surface area contributed by atoms with E-state index >= 15 is 0 Å². The van der Waals surface area contributed by atoms with Gasteiger partial charge in [0.05, 0.1) is 42.8 Å². The van der Waals surface area contributed by atoms with Gasteiger partial charge in [-0.1, -0.05) is 36.7 Å². The first-order valence-corrected chi connectivity index (χ1v) is 21.9. The van der Waals surface area contributed by atoms with Crippen LogP contribution in [0.5, 0.6) is 5.75 Å². The smallest absolute Gasteiger partial charge is 0.264 e. The Hall–Kier alpha value is -3.16. The highest BCUT2D eigenvalue weighted by atomic mass is 35.5. The molecule has 13 heteroatoms. The molecule has 6 atom stereocenters. The highest BCUT2D eigenvalue weighted by Gasteiger charge is 2.50. The highest BCUT2D eigenvalue weighted by Crippen LogP contribution is 2.50. The number of halogens is 1. The summed E-state index contributed by atoms with van der Waals surface area (Å²) in [6.07, 6.45) is 9.37. The Morgan fingerprint density at radius 3 is 2.67 bits per heavy atom. The first-order chi connectivity index (χ1) is 26.3. The molecule has 0 aromatic heterocycles. The van der Waals surface area contributed by atoms with E-state index in [2.05, 4.69) is 26.7 Å². The number of nitrogens with one attached hydrogen (secondary N) is 1. The van der Waals surface area contributed by atoms with Crippen LogP contribution in [-0.4, -0.2) is 114 Å². The lowest BCUT2D eigenvalue weighted by Gasteiger charge is -2.50. The number of rotatable bonds is 6. The second kappa shape index (κ2) is 16.4. The molecule has 1 N–H and O–H groups in total. The molecule has 1 saturated carbocycles. The zero-order chi connectivity index (χ0) is 39.0. The van der Waals surface area contributed by atoms with Crippen molar-refractivity contribution in [3.05, 3.63) is 70.3 Å². The summed E-state index contributed by atoms with van der Waals surface area (Å²) in [4.78, 5) is 34.3. The molecule has 3 heterocycles. The average molecular weight is 797 g/mol. The standard InChI is InChI=1S/C42H57ClN4O7S/c1-29-7-5-16-42(52-4,25-39(48)45(3)17-18-46-19-21-53-22-20-46)36-12-9-33(36)26-47-27-41(15-6-8-31-23-34(43)11-13-35(31)41)28-54-38-14-10-32(24-37(38)47)40(49)44-55(50,51)30(29)2/h5,10-11,13-14,16,23-24,29-30,33,36H,6-9,12,15,17-22,25-28H2,1-4H3,(H,44,49)/b16-5-/t29-,30+,33-,36+,41-,42+/m0/s1. The van der Waals surface area contributed by atoms with Crippen LogP contribution in [0, 0.1) is 17.8 Å². The number of benzene rings is 2. The Bertz CT molecular complexity index is 1890. The lowest BCUT2D eigenvalue weighted by molar-refractivity contribution is -0.141. The number of carbonyl (C=O) groups excluding carboxylic acids is 2. The predicted octanol–water partition coefficient (Wildman–Crippen LogP) is 5.45. The van der Waals surface area contributed by atoms with Crippen LogP contribution >= 0.6 is 11.6 Å². The molecule has 1 spiro atoms. The van der Waals surface area contributed by atoms with Crippen molar-refractivity contribution in [2.75, 3.05) is 78.1 Å². The van der Waals surface area contributed by atoms with Crippen LogP contribution in [-0.2, 0) is 36.1 Å². The monoisotopic (exact) mass is 796 g/mol. The first kappa shape index (κ1) is 40.1. The minimum atomic E-state index is -4.02. The van der Waals surface area contributed by atoms with E-state index in [0.717, 1.165) is 62.4 Å². The summed E-state index contributed by atoms with van der Waals surface area (Å²) >= 11 is 6.49. The van der Waals surface area contributed by atoms with Gasteiger partial charge >= 0.3 is 0 Å². The maximum Gasteiger partial charge on any atom is 0.264 e. The van der Waals surface area contributed by atoms with Gasteiger partial charge in [0.2, 0.25) is 15.9 Å². The number of ether oxygens (including phenoxy) is 3. The molecule has 5 aliphatic rings. The number of sulfonamides is 1. The van der Waals surface area contributed by atoms with Crippen molar-refractivity contribution in [3.63, 3.8) is 0 Å². The molecule has 55 heavy (non-hydrogen) atoms. The van der Waals surface area contributed by atoms with E-state index in [1.165, 1.54) is 11.1 Å². The van der Waals surface area contributed by atoms with Crippen LogP contribution in [0.1, 0.15) is 73.9 Å². The fourth-order valence-corrected chi connectivity index (χ4v) is 10.9. The van der Waals surface area contributed by atoms with Crippen LogP contribution in [0.15, 0.2) is 48.6 Å². The molecular formula is C42H57ClN4O7S. The topological polar surface area (TPSA) is 118 Å². The number of likely N-dealkylation sites (N-methyl/N-ethyl adjacent to an activating group) is 1. The Kier molecular flexibility index (Phi) is 11.9. The zero-order valence-electron chi connectivity index (χ0n) is 32.7. The number of hydrogen-bond acceptors (Lipinski definition) is 9. The van der Waals surface area contributed by atoms with E-state index in [4.69, 9.17) is 25.8 Å². The van der Waals surface area contributed by atoms with E-state index in [1.54, 1.807) is 32.2 Å². The van der Waals surface area contributed by atoms with Gasteiger partial charge in [-0.2, -0.15) is 0 Å². The van der Waals surface area contributed by atoms with E-state index < -0.39 is 26.8 Å². The summed E-state index contributed by atoms with van der Waals surface area (Å²) in [5, 5.41) is -0.133. The van der Waals surface area contributed by atoms with E-state index in [1.807, 2.05) is 37.1 Å². The van der Waals surface area contributed by atoms with Crippen molar-refractivity contribution < 1.29 is 32.2 Å². The number of allylic oxidation sites excluding steroid dienone is 1. The van der Waals surface area contributed by atoms with Gasteiger partial charge in [0.25, 0.3) is 5.91 Å². The number of methoxy groups -OCH3 is 1. The number of nitrogens with zero attached hydrogens (tertiary/aromatic N) is 3. The van der Waals surface area contributed by atoms with Crippen LogP contribution < -0.4 is 14.4 Å². The number of hydrogen-bond donors (Lipinski definition) is 1. The van der Waals surface area contributed by atoms with Crippen LogP contribution in [0.25, 0.3) is 0 Å². The fraction of sp³-hybridized carbons (Fsp3) is 0.619. The van der Waals surface area contributed by atoms with Gasteiger partial charge < -0.3 is 24.0 Å². The van der Waals surface area contributed by atoms with Crippen molar-refractivity contribution in [1.29, 1.82) is 0 Å². The Labute approximate surface area is 331 Å². The van der Waals surface area contributed by atoms with Crippen LogP contribution in [0.2, 0.25) is 5.02 Å². The molecule has 2 aromatic rings. The second-order valence-electron chi connectivity index (χ2n) is 16.6. The van der Waals surface area contributed by atoms with Gasteiger partial charge in [-0.05, 0) is 105 Å². The van der Waals surface area contributed by atoms with Gasteiger partial charge in [-0.3, -0.25) is 14.5 Å². The number of anilines is 1. The van der Waals surface area contributed by atoms with E-state index in [-0.39, 0.29) is 41.1 Å². The summed E-state index contributed by atoms with van der Waals surface area (Å²) < 4.78 is 48.3. The van der Waals surface area contributed by atoms with Gasteiger partial charge in [0.15, 0.2) is 0 Å². The maximum atomic E-state index is 14.1. The molecule has 300 valence electrons. The molecule has 7 rings (SSSR count). The average Bonchev–Trinajstić information content (AvgIpc) is 3.31. The predicted molar refractivity (Wildman–Crippen MR) is 214 cm³/mol. The summed E-state index contributed by atoms with van der Waals surface area (Å²) in [7, 11) is -0.451. The third kappa shape index (κ3) is 8.30. The molecule has 2 bridgehead atoms. The quantitative estimate of drug-likeness (QED) is 0.381. The van der Waals surface area contributed by atoms with E-state index in [0.29, 0.717) is 51.6 Å². The maximum absolute atomic E-state index is 14.1. The Morgan fingerprint density at radius 1 is 1.13 bits per heavy atom. The number of fused-ring (bicyclic) bond motifs is 4. The number of aryl methyl sites for hydroxylation is 1. The first-order valence-electron chi connectivity index (χ1n) is 20.0. The molecule has 1 saturated heterocycles. The SMILES string of the molecule is CO[C@@]1(CC(=O)N(C)CCN2CCOCC2)/C=C\C[C@H](C)[C@@H](C)S(=O)(=O)NC(=O)c2ccc3c(c2)N(C[C@@H]2CC[C@H]21)C[C@@]1(CCCc2cc(Cl)ccc21)CO3. The minimum Gasteiger partial charge on any atom is -0.490 e. The lowest BCUT2D eigenvalue weighted by Crippen LogP contribution is -2.54. The summed E-state index contributed by atoms with van der Waals surface area (Å²) in [6.45, 7) is 9.80. The Morgan fingerprint density at radius 2 is 1.93 bits per heavy atom. The molecule has 0 radical (unpaired) electrons. The van der Waals surface area contributed by atoms with Gasteiger partial charge in [0.1, 0.15) is 5.75 Å². The molecule has 3 aliphatic heterocycles. The number of amides is 2. The third-order valence-electron chi connectivity index (χ3n) is 13.3. The van der Waals surface area contributed by atoms with Crippen molar-refractivity contribution >= 4 is 39.1 Å². The van der Waals surface area contributed by atoms with Gasteiger partial charge in [-0.25, -0.2) is 13.1 Å². The van der Waals surface area contributed by atoms with Gasteiger partial charge in [0, 0.05) is 69.4 Å². The second-order valence-corrected chi connectivity index (χ2v) is 19.1. The molecular weight excluding hydrogens is 740 g/mol. The molecule has 11 nitrogen and oxygen atoms in total. The van der Waals surface area contributed by atoms with Gasteiger partial charge in [-0.15, -0.1) is 0 Å². The van der Waals surface area contributed by atoms with Crippen molar-refractivity contribution in [1.82, 2.24) is 14.5 Å². The summed E-state index contributed by atoms with van der Waals surface area (Å²) in [5.41, 5.74) is 2.28. The third-order valence-corrected chi connectivity index (χ3v) is 15.5. The highest BCUT2D eigenvalue weighted by molar-refractivity contribution is 7.90. The van der Waals surface area contributed by atoms with E-state index in [9.17, 15) is 18.0 Å². The molecule has 2 amide bonds. The van der Waals surface area contributed by atoms with Crippen molar-refractivity contribution in [2.45, 2.75) is 75.1 Å². The normalized spacial score (nSPS) is 31.5.